The van der Waals surface area contributed by atoms with Gasteiger partial charge in [-0.15, -0.1) is 11.3 Å². The predicted octanol–water partition coefficient (Wildman–Crippen LogP) is 3.81. The Morgan fingerprint density at radius 1 is 1.19 bits per heavy atom. The highest BCUT2D eigenvalue weighted by molar-refractivity contribution is 7.13. The first-order valence-corrected chi connectivity index (χ1v) is 12.7. The van der Waals surface area contributed by atoms with Gasteiger partial charge in [0.05, 0.1) is 23.6 Å². The molecule has 2 N–H and O–H groups in total. The third-order valence-corrected chi connectivity index (χ3v) is 7.03. The van der Waals surface area contributed by atoms with Crippen molar-refractivity contribution in [2.45, 2.75) is 26.2 Å². The molecule has 1 aliphatic heterocycles. The summed E-state index contributed by atoms with van der Waals surface area (Å²) >= 11 is 1.51. The molecule has 1 unspecified atom stereocenters. The molecule has 1 atom stereocenters. The summed E-state index contributed by atoms with van der Waals surface area (Å²) in [5.41, 5.74) is 1.61. The van der Waals surface area contributed by atoms with Gasteiger partial charge in [-0.3, -0.25) is 19.4 Å². The van der Waals surface area contributed by atoms with Gasteiger partial charge in [0.15, 0.2) is 0 Å². The average molecular weight is 519 g/mol. The highest BCUT2D eigenvalue weighted by Crippen LogP contribution is 2.30. The summed E-state index contributed by atoms with van der Waals surface area (Å²) < 4.78 is 6.69. The van der Waals surface area contributed by atoms with Crippen molar-refractivity contribution in [2.75, 3.05) is 23.9 Å². The lowest BCUT2D eigenvalue weighted by Gasteiger charge is -2.17. The first-order chi connectivity index (χ1) is 17.8. The number of rotatable bonds is 7. The van der Waals surface area contributed by atoms with Gasteiger partial charge in [0.1, 0.15) is 17.3 Å². The van der Waals surface area contributed by atoms with Crippen molar-refractivity contribution in [1.29, 1.82) is 0 Å². The lowest BCUT2D eigenvalue weighted by atomic mass is 10.1. The smallest absolute Gasteiger partial charge is 0.252 e. The van der Waals surface area contributed by atoms with Crippen LogP contribution in [0.5, 0.6) is 5.75 Å². The van der Waals surface area contributed by atoms with E-state index in [2.05, 4.69) is 20.4 Å². The second-order valence-electron chi connectivity index (χ2n) is 9.05. The molecule has 11 heteroatoms. The highest BCUT2D eigenvalue weighted by atomic mass is 32.1. The van der Waals surface area contributed by atoms with Crippen molar-refractivity contribution in [2.24, 2.45) is 5.92 Å². The van der Waals surface area contributed by atoms with E-state index in [0.29, 0.717) is 28.6 Å². The zero-order valence-corrected chi connectivity index (χ0v) is 21.4. The number of carbonyl (C=O) groups excluding carboxylic acids is 2. The Labute approximate surface area is 216 Å². The van der Waals surface area contributed by atoms with Crippen molar-refractivity contribution < 1.29 is 14.3 Å². The Morgan fingerprint density at radius 3 is 2.76 bits per heavy atom. The molecule has 1 fully saturated rings. The number of aromatic nitrogens is 4. The fraction of sp³-hybridized carbons (Fsp3) is 0.269. The Bertz CT molecular complexity index is 1510. The number of H-pyrrole nitrogens is 1. The Morgan fingerprint density at radius 2 is 2.03 bits per heavy atom. The fourth-order valence-corrected chi connectivity index (χ4v) is 4.86. The number of nitrogens with zero attached hydrogens (tertiary/aromatic N) is 4. The van der Waals surface area contributed by atoms with E-state index in [1.54, 1.807) is 36.3 Å². The van der Waals surface area contributed by atoms with Gasteiger partial charge in [0.25, 0.3) is 5.56 Å². The van der Waals surface area contributed by atoms with Crippen molar-refractivity contribution >= 4 is 34.7 Å². The molecule has 0 bridgehead atoms. The summed E-state index contributed by atoms with van der Waals surface area (Å²) in [7, 11) is 1.56. The molecule has 190 valence electrons. The van der Waals surface area contributed by atoms with Gasteiger partial charge in [-0.25, -0.2) is 4.98 Å². The minimum atomic E-state index is -0.568. The molecule has 0 aliphatic carbocycles. The molecule has 37 heavy (non-hydrogen) atoms. The number of ether oxygens (including phenoxy) is 1. The number of amides is 2. The number of hydrogen-bond acceptors (Lipinski definition) is 7. The maximum Gasteiger partial charge on any atom is 0.252 e. The van der Waals surface area contributed by atoms with Crippen LogP contribution in [0.3, 0.4) is 0 Å². The molecule has 2 amide bonds. The normalized spacial score (nSPS) is 15.4. The molecule has 0 saturated carbocycles. The molecule has 1 aromatic carbocycles. The first kappa shape index (κ1) is 24.4. The van der Waals surface area contributed by atoms with Crippen LogP contribution in [0.15, 0.2) is 58.7 Å². The summed E-state index contributed by atoms with van der Waals surface area (Å²) in [4.78, 5) is 48.2. The molecule has 3 aromatic heterocycles. The van der Waals surface area contributed by atoms with Crippen LogP contribution in [-0.4, -0.2) is 45.2 Å². The summed E-state index contributed by atoms with van der Waals surface area (Å²) in [6.07, 6.45) is 0.0763. The number of benzene rings is 1. The second kappa shape index (κ2) is 10.0. The maximum absolute atomic E-state index is 13.3. The lowest BCUT2D eigenvalue weighted by molar-refractivity contribution is -0.122. The van der Waals surface area contributed by atoms with E-state index in [0.717, 1.165) is 4.88 Å². The van der Waals surface area contributed by atoms with Gasteiger partial charge in [0.2, 0.25) is 17.8 Å². The summed E-state index contributed by atoms with van der Waals surface area (Å²) in [5, 5.41) is 9.48. The van der Waals surface area contributed by atoms with Crippen molar-refractivity contribution in [3.05, 3.63) is 70.0 Å². The minimum Gasteiger partial charge on any atom is -0.497 e. The summed E-state index contributed by atoms with van der Waals surface area (Å²) in [5.74, 6) is 0.185. The standard InChI is InChI=1S/C26H26N6O4S/c1-15(2)19-13-23(33)29-26(27-19)32-22(12-20(30-32)21-8-5-9-37-21)28-25(35)16-10-24(34)31(14-16)17-6-4-7-18(11-17)36-3/h4-9,11-13,15-16H,10,14H2,1-3H3,(H,28,35)(H,27,29,33). The fourth-order valence-electron chi connectivity index (χ4n) is 4.17. The molecule has 5 rings (SSSR count). The molecule has 4 aromatic rings. The summed E-state index contributed by atoms with van der Waals surface area (Å²) in [6.45, 7) is 4.13. The summed E-state index contributed by atoms with van der Waals surface area (Å²) in [6, 6.07) is 14.2. The molecular formula is C26H26N6O4S. The number of thiophene rings is 1. The van der Waals surface area contributed by atoms with Crippen LogP contribution in [0.4, 0.5) is 11.5 Å². The van der Waals surface area contributed by atoms with Gasteiger partial charge in [0, 0.05) is 36.9 Å². The number of anilines is 2. The van der Waals surface area contributed by atoms with Gasteiger partial charge in [-0.2, -0.15) is 9.78 Å². The topological polar surface area (TPSA) is 122 Å². The van der Waals surface area contributed by atoms with Crippen LogP contribution >= 0.6 is 11.3 Å². The molecule has 0 spiro atoms. The molecule has 0 radical (unpaired) electrons. The monoisotopic (exact) mass is 518 g/mol. The average Bonchev–Trinajstić information content (AvgIpc) is 3.63. The highest BCUT2D eigenvalue weighted by Gasteiger charge is 2.36. The Hall–Kier alpha value is -4.25. The van der Waals surface area contributed by atoms with E-state index in [1.807, 2.05) is 37.4 Å². The van der Waals surface area contributed by atoms with Crippen molar-refractivity contribution in [1.82, 2.24) is 19.7 Å². The first-order valence-electron chi connectivity index (χ1n) is 11.8. The molecule has 1 saturated heterocycles. The largest absolute Gasteiger partial charge is 0.497 e. The van der Waals surface area contributed by atoms with Crippen LogP contribution in [0.1, 0.15) is 31.9 Å². The van der Waals surface area contributed by atoms with Crippen LogP contribution < -0.4 is 20.5 Å². The number of aromatic amines is 1. The van der Waals surface area contributed by atoms with E-state index in [-0.39, 0.29) is 42.2 Å². The molecule has 4 heterocycles. The van der Waals surface area contributed by atoms with Gasteiger partial charge < -0.3 is 15.0 Å². The van der Waals surface area contributed by atoms with Crippen LogP contribution in [-0.2, 0) is 9.59 Å². The third-order valence-electron chi connectivity index (χ3n) is 6.14. The van der Waals surface area contributed by atoms with Gasteiger partial charge in [-0.05, 0) is 29.5 Å². The quantitative estimate of drug-likeness (QED) is 0.384. The SMILES string of the molecule is COc1cccc(N2CC(C(=O)Nc3cc(-c4cccs4)nn3-c3nc(C(C)C)cc(=O)[nH]3)CC2=O)c1. The second-order valence-corrected chi connectivity index (χ2v) is 10.00. The van der Waals surface area contributed by atoms with Gasteiger partial charge >= 0.3 is 0 Å². The third kappa shape index (κ3) is 5.03. The minimum absolute atomic E-state index is 0.0264. The van der Waals surface area contributed by atoms with Crippen LogP contribution in [0.2, 0.25) is 0 Å². The number of carbonyl (C=O) groups is 2. The Balaban J connectivity index is 1.44. The van der Waals surface area contributed by atoms with Crippen LogP contribution in [0, 0.1) is 5.92 Å². The van der Waals surface area contributed by atoms with E-state index in [9.17, 15) is 14.4 Å². The molecular weight excluding hydrogens is 492 g/mol. The van der Waals surface area contributed by atoms with E-state index >= 15 is 0 Å². The van der Waals surface area contributed by atoms with Crippen molar-refractivity contribution in [3.63, 3.8) is 0 Å². The lowest BCUT2D eigenvalue weighted by Crippen LogP contribution is -2.29. The van der Waals surface area contributed by atoms with Crippen molar-refractivity contribution in [3.8, 4) is 22.3 Å². The number of nitrogens with one attached hydrogen (secondary N) is 2. The molecule has 10 nitrogen and oxygen atoms in total. The zero-order chi connectivity index (χ0) is 26.1. The maximum atomic E-state index is 13.3. The number of hydrogen-bond donors (Lipinski definition) is 2. The Kier molecular flexibility index (Phi) is 6.62. The van der Waals surface area contributed by atoms with E-state index in [4.69, 9.17) is 4.74 Å². The zero-order valence-electron chi connectivity index (χ0n) is 20.6. The molecule has 1 aliphatic rings. The van der Waals surface area contributed by atoms with E-state index in [1.165, 1.54) is 22.1 Å². The van der Waals surface area contributed by atoms with Gasteiger partial charge in [-0.1, -0.05) is 26.0 Å². The van der Waals surface area contributed by atoms with Crippen LogP contribution in [0.25, 0.3) is 16.5 Å². The predicted molar refractivity (Wildman–Crippen MR) is 141 cm³/mol. The van der Waals surface area contributed by atoms with E-state index < -0.39 is 5.92 Å². The number of methoxy groups -OCH3 is 1.